The molecule has 0 radical (unpaired) electrons. The van der Waals surface area contributed by atoms with E-state index in [1.807, 2.05) is 13.8 Å². The predicted octanol–water partition coefficient (Wildman–Crippen LogP) is 3.82. The van der Waals surface area contributed by atoms with E-state index < -0.39 is 23.6 Å². The van der Waals surface area contributed by atoms with Crippen LogP contribution in [0.4, 0.5) is 4.39 Å². The van der Waals surface area contributed by atoms with Crippen molar-refractivity contribution in [2.24, 2.45) is 16.3 Å². The molecule has 0 N–H and O–H groups in total. The van der Waals surface area contributed by atoms with Crippen molar-refractivity contribution in [1.82, 2.24) is 0 Å². The van der Waals surface area contributed by atoms with E-state index in [4.69, 9.17) is 4.74 Å². The number of esters is 1. The van der Waals surface area contributed by atoms with Gasteiger partial charge in [0.1, 0.15) is 11.7 Å². The van der Waals surface area contributed by atoms with Gasteiger partial charge in [0.25, 0.3) is 0 Å². The van der Waals surface area contributed by atoms with Crippen LogP contribution in [0, 0.1) is 17.2 Å². The summed E-state index contributed by atoms with van der Waals surface area (Å²) in [5.41, 5.74) is 2.28. The third kappa shape index (κ3) is 3.15. The number of carbonyl (C=O) groups excluding carboxylic acids is 2. The maximum absolute atomic E-state index is 13.8. The number of halogens is 1. The zero-order chi connectivity index (χ0) is 18.4. The molecule has 0 bridgehead atoms. The van der Waals surface area contributed by atoms with Gasteiger partial charge in [-0.05, 0) is 36.5 Å². The van der Waals surface area contributed by atoms with Gasteiger partial charge in [-0.25, -0.2) is 4.39 Å². The molecule has 5 heteroatoms. The van der Waals surface area contributed by atoms with E-state index >= 15 is 0 Å². The number of rotatable bonds is 2. The quantitative estimate of drug-likeness (QED) is 0.767. The Hall–Kier alpha value is -2.30. The lowest BCUT2D eigenvalue weighted by atomic mass is 9.67. The van der Waals surface area contributed by atoms with E-state index in [-0.39, 0.29) is 11.2 Å². The van der Waals surface area contributed by atoms with Crippen LogP contribution in [0.15, 0.2) is 40.5 Å². The van der Waals surface area contributed by atoms with Gasteiger partial charge < -0.3 is 4.74 Å². The van der Waals surface area contributed by atoms with Crippen LogP contribution < -0.4 is 0 Å². The molecule has 1 heterocycles. The van der Waals surface area contributed by atoms with Crippen molar-refractivity contribution in [3.05, 3.63) is 46.9 Å². The number of Topliss-reactive ketones (excluding diaryl/α,β-unsaturated/α-hetero) is 1. The number of aliphatic imine (C=N–C) groups is 1. The monoisotopic (exact) mass is 343 g/mol. The van der Waals surface area contributed by atoms with Gasteiger partial charge in [0.05, 0.1) is 7.11 Å². The normalized spacial score (nSPS) is 25.3. The minimum Gasteiger partial charge on any atom is -0.468 e. The van der Waals surface area contributed by atoms with Gasteiger partial charge in [0, 0.05) is 29.3 Å². The van der Waals surface area contributed by atoms with Crippen LogP contribution >= 0.6 is 0 Å². The average molecular weight is 343 g/mol. The van der Waals surface area contributed by atoms with Crippen molar-refractivity contribution in [3.8, 4) is 0 Å². The highest BCUT2D eigenvalue weighted by atomic mass is 19.1. The largest absolute Gasteiger partial charge is 0.468 e. The first-order chi connectivity index (χ1) is 11.7. The summed E-state index contributed by atoms with van der Waals surface area (Å²) in [4.78, 5) is 29.9. The van der Waals surface area contributed by atoms with E-state index in [2.05, 4.69) is 4.99 Å². The number of methoxy groups -OCH3 is 1. The molecule has 4 nitrogen and oxygen atoms in total. The molecular weight excluding hydrogens is 321 g/mol. The van der Waals surface area contributed by atoms with Crippen LogP contribution in [-0.4, -0.2) is 24.6 Å². The molecule has 0 saturated carbocycles. The van der Waals surface area contributed by atoms with Crippen LogP contribution in [0.3, 0.4) is 0 Å². The first kappa shape index (κ1) is 17.5. The highest BCUT2D eigenvalue weighted by Gasteiger charge is 2.45. The molecule has 0 amide bonds. The minimum atomic E-state index is -0.712. The van der Waals surface area contributed by atoms with Gasteiger partial charge in [0.15, 0.2) is 5.78 Å². The van der Waals surface area contributed by atoms with Gasteiger partial charge in [-0.15, -0.1) is 0 Å². The fourth-order valence-corrected chi connectivity index (χ4v) is 3.94. The number of ketones is 1. The Labute approximate surface area is 146 Å². The molecule has 1 unspecified atom stereocenters. The molecule has 2 aliphatic rings. The average Bonchev–Trinajstić information content (AvgIpc) is 2.51. The molecule has 25 heavy (non-hydrogen) atoms. The third-order valence-corrected chi connectivity index (χ3v) is 4.97. The predicted molar refractivity (Wildman–Crippen MR) is 92.8 cm³/mol. The summed E-state index contributed by atoms with van der Waals surface area (Å²) in [5, 5.41) is 0. The van der Waals surface area contributed by atoms with E-state index in [9.17, 15) is 14.0 Å². The number of benzene rings is 1. The fourth-order valence-electron chi connectivity index (χ4n) is 3.94. The number of hydrogen-bond acceptors (Lipinski definition) is 4. The molecule has 1 aliphatic carbocycles. The van der Waals surface area contributed by atoms with Crippen molar-refractivity contribution in [2.45, 2.75) is 39.5 Å². The van der Waals surface area contributed by atoms with E-state index in [1.54, 1.807) is 19.1 Å². The molecule has 2 atom stereocenters. The van der Waals surface area contributed by atoms with Gasteiger partial charge in [-0.2, -0.15) is 0 Å². The number of allylic oxidation sites excluding steroid dienone is 2. The molecule has 0 aromatic heterocycles. The fraction of sp³-hybridized carbons (Fsp3) is 0.450. The maximum atomic E-state index is 13.8. The second kappa shape index (κ2) is 6.21. The van der Waals surface area contributed by atoms with Crippen LogP contribution in [0.25, 0.3) is 0 Å². The Kier molecular flexibility index (Phi) is 4.35. The Morgan fingerprint density at radius 2 is 2.04 bits per heavy atom. The van der Waals surface area contributed by atoms with Crippen molar-refractivity contribution >= 4 is 17.5 Å². The highest BCUT2D eigenvalue weighted by Crippen LogP contribution is 2.47. The molecule has 3 rings (SSSR count). The molecule has 0 spiro atoms. The Balaban J connectivity index is 2.21. The van der Waals surface area contributed by atoms with Gasteiger partial charge in [0.2, 0.25) is 0 Å². The summed E-state index contributed by atoms with van der Waals surface area (Å²) in [7, 11) is 1.31. The van der Waals surface area contributed by atoms with Crippen LogP contribution in [0.2, 0.25) is 0 Å². The SMILES string of the molecule is COC(=O)C1C(C)=NC2=C(C(=O)CC(C)(C)C2)[C@@H]1c1cccc(F)c1. The molecule has 1 aliphatic heterocycles. The Morgan fingerprint density at radius 3 is 2.68 bits per heavy atom. The summed E-state index contributed by atoms with van der Waals surface area (Å²) < 4.78 is 18.8. The lowest BCUT2D eigenvalue weighted by molar-refractivity contribution is -0.143. The van der Waals surface area contributed by atoms with Gasteiger partial charge >= 0.3 is 5.97 Å². The number of nitrogens with zero attached hydrogens (tertiary/aromatic N) is 1. The lowest BCUT2D eigenvalue weighted by Gasteiger charge is -2.38. The van der Waals surface area contributed by atoms with Gasteiger partial charge in [-0.3, -0.25) is 14.6 Å². The standard InChI is InChI=1S/C20H22FNO3/c1-11-16(19(24)25-4)17(12-6-5-7-13(21)8-12)18-14(22-11)9-20(2,3)10-15(18)23/h5-8,16-17H,9-10H2,1-4H3/t16?,17-/m1/s1. The maximum Gasteiger partial charge on any atom is 0.315 e. The Bertz CT molecular complexity index is 807. The van der Waals surface area contributed by atoms with E-state index in [1.165, 1.54) is 19.2 Å². The molecule has 1 aromatic rings. The molecule has 0 saturated heterocycles. The van der Waals surface area contributed by atoms with Crippen LogP contribution in [0.1, 0.15) is 45.1 Å². The number of carbonyl (C=O) groups is 2. The first-order valence-corrected chi connectivity index (χ1v) is 8.38. The zero-order valence-corrected chi connectivity index (χ0v) is 14.9. The van der Waals surface area contributed by atoms with E-state index in [0.29, 0.717) is 35.4 Å². The van der Waals surface area contributed by atoms with Gasteiger partial charge in [-0.1, -0.05) is 26.0 Å². The highest BCUT2D eigenvalue weighted by molar-refractivity contribution is 6.09. The minimum absolute atomic E-state index is 0.0225. The molecule has 132 valence electrons. The van der Waals surface area contributed by atoms with Crippen molar-refractivity contribution in [3.63, 3.8) is 0 Å². The van der Waals surface area contributed by atoms with Crippen molar-refractivity contribution < 1.29 is 18.7 Å². The topological polar surface area (TPSA) is 55.7 Å². The summed E-state index contributed by atoms with van der Waals surface area (Å²) in [5.74, 6) is -2.15. The summed E-state index contributed by atoms with van der Waals surface area (Å²) in [6.07, 6.45) is 1.05. The number of hydrogen-bond donors (Lipinski definition) is 0. The Morgan fingerprint density at radius 1 is 1.32 bits per heavy atom. The summed E-state index contributed by atoms with van der Waals surface area (Å²) in [6.45, 7) is 5.83. The lowest BCUT2D eigenvalue weighted by Crippen LogP contribution is -2.39. The molecular formula is C20H22FNO3. The van der Waals surface area contributed by atoms with Crippen molar-refractivity contribution in [1.29, 1.82) is 0 Å². The zero-order valence-electron chi connectivity index (χ0n) is 14.9. The summed E-state index contributed by atoms with van der Waals surface area (Å²) in [6, 6.07) is 6.08. The van der Waals surface area contributed by atoms with Crippen LogP contribution in [0.5, 0.6) is 0 Å². The van der Waals surface area contributed by atoms with Crippen LogP contribution in [-0.2, 0) is 14.3 Å². The second-order valence-electron chi connectivity index (χ2n) is 7.59. The number of ether oxygens (including phenoxy) is 1. The molecule has 1 aromatic carbocycles. The van der Waals surface area contributed by atoms with E-state index in [0.717, 1.165) is 0 Å². The summed E-state index contributed by atoms with van der Waals surface area (Å²) >= 11 is 0. The first-order valence-electron chi connectivity index (χ1n) is 8.38. The smallest absolute Gasteiger partial charge is 0.315 e. The van der Waals surface area contributed by atoms with Crippen molar-refractivity contribution in [2.75, 3.05) is 7.11 Å². The second-order valence-corrected chi connectivity index (χ2v) is 7.59. The third-order valence-electron chi connectivity index (χ3n) is 4.97. The molecule has 0 fully saturated rings.